The van der Waals surface area contributed by atoms with Crippen LogP contribution in [0.1, 0.15) is 68.6 Å². The van der Waals surface area contributed by atoms with E-state index in [0.717, 1.165) is 18.4 Å². The highest BCUT2D eigenvalue weighted by Crippen LogP contribution is 2.41. The number of ketones is 1. The molecule has 1 aliphatic rings. The molecular formula is C18H24O. The third-order valence-corrected chi connectivity index (χ3v) is 4.80. The van der Waals surface area contributed by atoms with Gasteiger partial charge >= 0.3 is 0 Å². The van der Waals surface area contributed by atoms with Gasteiger partial charge in [-0.05, 0) is 56.4 Å². The van der Waals surface area contributed by atoms with Crippen molar-refractivity contribution in [2.45, 2.75) is 59.8 Å². The summed E-state index contributed by atoms with van der Waals surface area (Å²) in [6.45, 7) is 12.8. The number of fused-ring (bicyclic) bond motifs is 1. The predicted octanol–water partition coefficient (Wildman–Crippen LogP) is 4.62. The second-order valence-corrected chi connectivity index (χ2v) is 6.28. The fourth-order valence-corrected chi connectivity index (χ4v) is 3.19. The lowest BCUT2D eigenvalue weighted by molar-refractivity contribution is 0.101. The van der Waals surface area contributed by atoms with Gasteiger partial charge in [0.15, 0.2) is 5.78 Å². The molecule has 0 aromatic heterocycles. The van der Waals surface area contributed by atoms with Crippen LogP contribution >= 0.6 is 0 Å². The Kier molecular flexibility index (Phi) is 3.42. The third kappa shape index (κ3) is 2.16. The van der Waals surface area contributed by atoms with E-state index in [1.165, 1.54) is 27.8 Å². The van der Waals surface area contributed by atoms with Crippen molar-refractivity contribution in [2.75, 3.05) is 0 Å². The zero-order chi connectivity index (χ0) is 14.4. The number of hydrogen-bond acceptors (Lipinski definition) is 1. The summed E-state index contributed by atoms with van der Waals surface area (Å²) in [5, 5.41) is 0. The van der Waals surface area contributed by atoms with Gasteiger partial charge < -0.3 is 0 Å². The van der Waals surface area contributed by atoms with Crippen LogP contribution in [0.3, 0.4) is 0 Å². The van der Waals surface area contributed by atoms with E-state index in [0.29, 0.717) is 0 Å². The normalized spacial score (nSPS) is 17.4. The fourth-order valence-electron chi connectivity index (χ4n) is 3.19. The molecule has 0 radical (unpaired) electrons. The molecule has 0 heterocycles. The van der Waals surface area contributed by atoms with Gasteiger partial charge in [-0.25, -0.2) is 0 Å². The molecule has 19 heavy (non-hydrogen) atoms. The van der Waals surface area contributed by atoms with Gasteiger partial charge in [0.1, 0.15) is 0 Å². The van der Waals surface area contributed by atoms with Crippen LogP contribution in [0.15, 0.2) is 23.3 Å². The summed E-state index contributed by atoms with van der Waals surface area (Å²) in [5.74, 6) is 0.182. The van der Waals surface area contributed by atoms with Crippen LogP contribution in [0, 0.1) is 0 Å². The summed E-state index contributed by atoms with van der Waals surface area (Å²) in [6, 6.07) is 4.40. The van der Waals surface area contributed by atoms with E-state index in [1.807, 2.05) is 0 Å². The first-order chi connectivity index (χ1) is 8.78. The Hall–Kier alpha value is -1.37. The Labute approximate surface area is 116 Å². The number of Topliss-reactive ketones (excluding diaryl/α,β-unsaturated/α-hetero) is 1. The average molecular weight is 256 g/mol. The van der Waals surface area contributed by atoms with Crippen LogP contribution in [-0.4, -0.2) is 5.78 Å². The zero-order valence-corrected chi connectivity index (χ0v) is 13.0. The third-order valence-electron chi connectivity index (χ3n) is 4.80. The first-order valence-corrected chi connectivity index (χ1v) is 7.13. The number of benzene rings is 1. The largest absolute Gasteiger partial charge is 0.295 e. The molecule has 102 valence electrons. The van der Waals surface area contributed by atoms with Crippen LogP contribution in [0.5, 0.6) is 0 Å². The molecule has 2 rings (SSSR count). The molecule has 0 atom stereocenters. The van der Waals surface area contributed by atoms with E-state index in [1.54, 1.807) is 6.92 Å². The average Bonchev–Trinajstić information content (AvgIpc) is 2.35. The Morgan fingerprint density at radius 2 is 1.89 bits per heavy atom. The minimum absolute atomic E-state index is 0.0803. The van der Waals surface area contributed by atoms with Crippen molar-refractivity contribution in [3.8, 4) is 0 Å². The van der Waals surface area contributed by atoms with Gasteiger partial charge in [-0.1, -0.05) is 38.0 Å². The molecule has 0 N–H and O–H groups in total. The van der Waals surface area contributed by atoms with Crippen LogP contribution in [0.25, 0.3) is 0 Å². The highest BCUT2D eigenvalue weighted by atomic mass is 16.1. The van der Waals surface area contributed by atoms with E-state index in [4.69, 9.17) is 0 Å². The number of allylic oxidation sites excluding steroid dienone is 2. The molecule has 0 unspecified atom stereocenters. The number of hydrogen-bond donors (Lipinski definition) is 0. The van der Waals surface area contributed by atoms with E-state index in [2.05, 4.69) is 46.8 Å². The summed E-state index contributed by atoms with van der Waals surface area (Å²) in [5.41, 5.74) is 7.81. The molecule has 1 aromatic rings. The smallest absolute Gasteiger partial charge is 0.160 e. The SMILES string of the molecule is CCc1cc2c(cc1C(C)=O)CC(C)=C(C)C2(C)C. The van der Waals surface area contributed by atoms with Gasteiger partial charge in [0.05, 0.1) is 0 Å². The van der Waals surface area contributed by atoms with Crippen LogP contribution in [0.4, 0.5) is 0 Å². The predicted molar refractivity (Wildman–Crippen MR) is 80.9 cm³/mol. The summed E-state index contributed by atoms with van der Waals surface area (Å²) in [6.07, 6.45) is 1.90. The fraction of sp³-hybridized carbons (Fsp3) is 0.500. The van der Waals surface area contributed by atoms with Crippen LogP contribution in [-0.2, 0) is 18.3 Å². The van der Waals surface area contributed by atoms with Crippen LogP contribution in [0.2, 0.25) is 0 Å². The molecule has 0 fully saturated rings. The first-order valence-electron chi connectivity index (χ1n) is 7.13. The lowest BCUT2D eigenvalue weighted by Gasteiger charge is -2.36. The van der Waals surface area contributed by atoms with Gasteiger partial charge in [-0.3, -0.25) is 4.79 Å². The maximum Gasteiger partial charge on any atom is 0.160 e. The van der Waals surface area contributed by atoms with Crippen LogP contribution < -0.4 is 0 Å². The Balaban J connectivity index is 2.70. The monoisotopic (exact) mass is 256 g/mol. The van der Waals surface area contributed by atoms with Crippen molar-refractivity contribution in [1.29, 1.82) is 0 Å². The van der Waals surface area contributed by atoms with Crippen molar-refractivity contribution >= 4 is 5.78 Å². The lowest BCUT2D eigenvalue weighted by atomic mass is 9.68. The standard InChI is InChI=1S/C18H24O/c1-7-14-10-17-15(9-16(14)13(4)19)8-11(2)12(3)18(17,5)6/h9-10H,7-8H2,1-6H3. The summed E-state index contributed by atoms with van der Waals surface area (Å²) >= 11 is 0. The highest BCUT2D eigenvalue weighted by molar-refractivity contribution is 5.96. The minimum Gasteiger partial charge on any atom is -0.295 e. The number of carbonyl (C=O) groups excluding carboxylic acids is 1. The maximum absolute atomic E-state index is 11.8. The molecule has 0 bridgehead atoms. The van der Waals surface area contributed by atoms with E-state index in [9.17, 15) is 4.79 Å². The molecule has 1 aliphatic carbocycles. The summed E-state index contributed by atoms with van der Waals surface area (Å²) in [4.78, 5) is 11.8. The van der Waals surface area contributed by atoms with Gasteiger partial charge in [0.25, 0.3) is 0 Å². The van der Waals surface area contributed by atoms with Crippen molar-refractivity contribution in [3.63, 3.8) is 0 Å². The first kappa shape index (κ1) is 14.0. The lowest BCUT2D eigenvalue weighted by Crippen LogP contribution is -2.27. The Bertz CT molecular complexity index is 574. The molecule has 0 spiro atoms. The van der Waals surface area contributed by atoms with E-state index in [-0.39, 0.29) is 11.2 Å². The van der Waals surface area contributed by atoms with Gasteiger partial charge in [-0.2, -0.15) is 0 Å². The summed E-state index contributed by atoms with van der Waals surface area (Å²) < 4.78 is 0. The molecule has 0 saturated heterocycles. The molecular weight excluding hydrogens is 232 g/mol. The topological polar surface area (TPSA) is 17.1 Å². The molecule has 0 aliphatic heterocycles. The number of aryl methyl sites for hydroxylation is 1. The van der Waals surface area contributed by atoms with E-state index >= 15 is 0 Å². The molecule has 0 amide bonds. The van der Waals surface area contributed by atoms with Crippen molar-refractivity contribution in [2.24, 2.45) is 0 Å². The van der Waals surface area contributed by atoms with Crippen molar-refractivity contribution in [1.82, 2.24) is 0 Å². The molecule has 1 heteroatoms. The van der Waals surface area contributed by atoms with Crippen molar-refractivity contribution in [3.05, 3.63) is 45.5 Å². The van der Waals surface area contributed by atoms with Gasteiger partial charge in [0, 0.05) is 11.0 Å². The van der Waals surface area contributed by atoms with Crippen molar-refractivity contribution < 1.29 is 4.79 Å². The zero-order valence-electron chi connectivity index (χ0n) is 13.0. The number of rotatable bonds is 2. The second-order valence-electron chi connectivity index (χ2n) is 6.28. The van der Waals surface area contributed by atoms with Gasteiger partial charge in [0.2, 0.25) is 0 Å². The highest BCUT2D eigenvalue weighted by Gasteiger charge is 2.31. The Morgan fingerprint density at radius 1 is 1.26 bits per heavy atom. The Morgan fingerprint density at radius 3 is 2.42 bits per heavy atom. The number of carbonyl (C=O) groups is 1. The molecule has 1 aromatic carbocycles. The minimum atomic E-state index is 0.0803. The molecule has 1 nitrogen and oxygen atoms in total. The second kappa shape index (κ2) is 4.63. The van der Waals surface area contributed by atoms with Gasteiger partial charge in [-0.15, -0.1) is 0 Å². The van der Waals surface area contributed by atoms with E-state index < -0.39 is 0 Å². The quantitative estimate of drug-likeness (QED) is 0.557. The maximum atomic E-state index is 11.8. The molecule has 0 saturated carbocycles. The summed E-state index contributed by atoms with van der Waals surface area (Å²) in [7, 11) is 0.